The van der Waals surface area contributed by atoms with Gasteiger partial charge in [0, 0.05) is 30.4 Å². The van der Waals surface area contributed by atoms with E-state index >= 15 is 0 Å². The van der Waals surface area contributed by atoms with E-state index in [1.165, 1.54) is 0 Å². The summed E-state index contributed by atoms with van der Waals surface area (Å²) < 4.78 is 1.73. The molecule has 0 spiro atoms. The van der Waals surface area contributed by atoms with Crippen LogP contribution in [0, 0.1) is 0 Å². The van der Waals surface area contributed by atoms with Crippen LogP contribution in [0.3, 0.4) is 0 Å². The Morgan fingerprint density at radius 1 is 0.788 bits per heavy atom. The molecule has 1 aromatic heterocycles. The van der Waals surface area contributed by atoms with E-state index in [1.54, 1.807) is 17.0 Å². The number of rotatable bonds is 7. The normalized spacial score (nSPS) is 14.2. The Bertz CT molecular complexity index is 1170. The third-order valence-electron chi connectivity index (χ3n) is 5.42. The molecule has 0 N–H and O–H groups in total. The maximum absolute atomic E-state index is 13.2. The van der Waals surface area contributed by atoms with Gasteiger partial charge in [-0.2, -0.15) is 5.10 Å². The largest absolute Gasteiger partial charge is 0.333 e. The summed E-state index contributed by atoms with van der Waals surface area (Å²) in [7, 11) is 0. The summed E-state index contributed by atoms with van der Waals surface area (Å²) in [5.41, 5.74) is 2.97. The summed E-state index contributed by atoms with van der Waals surface area (Å²) in [4.78, 5) is 41.4. The van der Waals surface area contributed by atoms with E-state index in [4.69, 9.17) is 5.10 Å². The molecule has 1 fully saturated rings. The number of hydrogen-bond donors (Lipinski definition) is 0. The Morgan fingerprint density at radius 3 is 1.88 bits per heavy atom. The summed E-state index contributed by atoms with van der Waals surface area (Å²) in [5.74, 6) is -1.13. The van der Waals surface area contributed by atoms with E-state index in [2.05, 4.69) is 0 Å². The van der Waals surface area contributed by atoms with Crippen LogP contribution in [0.25, 0.3) is 23.0 Å². The fourth-order valence-corrected chi connectivity index (χ4v) is 3.85. The predicted octanol–water partition coefficient (Wildman–Crippen LogP) is 4.53. The first-order chi connectivity index (χ1) is 16.0. The SMILES string of the molecule is CCCN1C(=O)C(=Cc2cn(-c3ccccc3)nc2-c2ccccc2)C(=O)N(CCC)C1=O. The maximum Gasteiger partial charge on any atom is 0.333 e. The van der Waals surface area contributed by atoms with Crippen molar-refractivity contribution in [2.75, 3.05) is 13.1 Å². The van der Waals surface area contributed by atoms with Crippen molar-refractivity contribution in [1.82, 2.24) is 19.6 Å². The topological polar surface area (TPSA) is 75.5 Å². The fourth-order valence-electron chi connectivity index (χ4n) is 3.85. The Morgan fingerprint density at radius 2 is 1.33 bits per heavy atom. The molecular weight excluding hydrogens is 416 g/mol. The molecule has 0 aliphatic carbocycles. The summed E-state index contributed by atoms with van der Waals surface area (Å²) in [5, 5.41) is 4.75. The van der Waals surface area contributed by atoms with Crippen LogP contribution in [0.15, 0.2) is 72.4 Å². The molecule has 1 aliphatic heterocycles. The van der Waals surface area contributed by atoms with Crippen LogP contribution in [0.4, 0.5) is 4.79 Å². The molecule has 0 bridgehead atoms. The first kappa shape index (κ1) is 22.2. The number of barbiturate groups is 1. The van der Waals surface area contributed by atoms with Gasteiger partial charge in [-0.15, -0.1) is 0 Å². The second-order valence-corrected chi connectivity index (χ2v) is 7.83. The van der Waals surface area contributed by atoms with Gasteiger partial charge in [-0.3, -0.25) is 19.4 Å². The second-order valence-electron chi connectivity index (χ2n) is 7.83. The van der Waals surface area contributed by atoms with E-state index in [9.17, 15) is 14.4 Å². The average Bonchev–Trinajstić information content (AvgIpc) is 3.27. The highest BCUT2D eigenvalue weighted by atomic mass is 16.2. The lowest BCUT2D eigenvalue weighted by Gasteiger charge is -2.33. The second kappa shape index (κ2) is 9.65. The molecule has 7 heteroatoms. The monoisotopic (exact) mass is 442 g/mol. The number of carbonyl (C=O) groups excluding carboxylic acids is 3. The van der Waals surface area contributed by atoms with Gasteiger partial charge < -0.3 is 0 Å². The number of nitrogens with zero attached hydrogens (tertiary/aromatic N) is 4. The van der Waals surface area contributed by atoms with Crippen LogP contribution in [0.2, 0.25) is 0 Å². The van der Waals surface area contributed by atoms with Gasteiger partial charge in [0.2, 0.25) is 0 Å². The number of aromatic nitrogens is 2. The van der Waals surface area contributed by atoms with Crippen LogP contribution >= 0.6 is 0 Å². The molecule has 0 saturated carbocycles. The minimum atomic E-state index is -0.564. The highest BCUT2D eigenvalue weighted by molar-refractivity contribution is 6.31. The molecule has 168 valence electrons. The first-order valence-electron chi connectivity index (χ1n) is 11.1. The minimum absolute atomic E-state index is 0.0266. The van der Waals surface area contributed by atoms with E-state index in [0.717, 1.165) is 21.1 Å². The smallest absolute Gasteiger partial charge is 0.268 e. The third kappa shape index (κ3) is 4.35. The lowest BCUT2D eigenvalue weighted by atomic mass is 10.0. The summed E-state index contributed by atoms with van der Waals surface area (Å²) in [6.07, 6.45) is 4.59. The van der Waals surface area contributed by atoms with Crippen molar-refractivity contribution in [2.24, 2.45) is 0 Å². The van der Waals surface area contributed by atoms with Crippen LogP contribution < -0.4 is 0 Å². The zero-order valence-corrected chi connectivity index (χ0v) is 18.8. The van der Waals surface area contributed by atoms with Crippen LogP contribution in [0.5, 0.6) is 0 Å². The molecule has 4 rings (SSSR count). The van der Waals surface area contributed by atoms with Crippen molar-refractivity contribution in [3.8, 4) is 16.9 Å². The summed E-state index contributed by atoms with van der Waals surface area (Å²) in [6.45, 7) is 4.30. The highest BCUT2D eigenvalue weighted by Gasteiger charge is 2.41. The standard InChI is InChI=1S/C26H26N4O3/c1-3-15-28-24(31)22(25(32)29(16-4-2)26(28)33)17-20-18-30(21-13-9-6-10-14-21)27-23(20)19-11-7-5-8-12-19/h5-14,17-18H,3-4,15-16H2,1-2H3. The fraction of sp³-hybridized carbons (Fsp3) is 0.231. The van der Waals surface area contributed by atoms with Crippen LogP contribution in [-0.2, 0) is 9.59 Å². The van der Waals surface area contributed by atoms with Gasteiger partial charge in [0.05, 0.1) is 11.4 Å². The van der Waals surface area contributed by atoms with Gasteiger partial charge in [0.25, 0.3) is 11.8 Å². The number of imide groups is 2. The molecule has 3 aromatic rings. The molecule has 1 aliphatic rings. The third-order valence-corrected chi connectivity index (χ3v) is 5.42. The first-order valence-corrected chi connectivity index (χ1v) is 11.1. The van der Waals surface area contributed by atoms with Gasteiger partial charge in [0.1, 0.15) is 5.57 Å². The zero-order chi connectivity index (χ0) is 23.4. The molecule has 4 amide bonds. The number of urea groups is 1. The Hall–Kier alpha value is -4.00. The molecule has 2 aromatic carbocycles. The minimum Gasteiger partial charge on any atom is -0.268 e. The molecule has 1 saturated heterocycles. The van der Waals surface area contributed by atoms with Crippen molar-refractivity contribution >= 4 is 23.9 Å². The number of carbonyl (C=O) groups is 3. The van der Waals surface area contributed by atoms with Crippen molar-refractivity contribution < 1.29 is 14.4 Å². The lowest BCUT2D eigenvalue weighted by molar-refractivity contribution is -0.135. The molecule has 2 heterocycles. The quantitative estimate of drug-likeness (QED) is 0.398. The van der Waals surface area contributed by atoms with Gasteiger partial charge in [-0.05, 0) is 31.1 Å². The number of hydrogen-bond acceptors (Lipinski definition) is 4. The highest BCUT2D eigenvalue weighted by Crippen LogP contribution is 2.28. The number of benzene rings is 2. The van der Waals surface area contributed by atoms with Gasteiger partial charge in [0.15, 0.2) is 0 Å². The molecule has 0 atom stereocenters. The van der Waals surface area contributed by atoms with Crippen molar-refractivity contribution in [1.29, 1.82) is 0 Å². The van der Waals surface area contributed by atoms with Crippen molar-refractivity contribution in [2.45, 2.75) is 26.7 Å². The van der Waals surface area contributed by atoms with Crippen LogP contribution in [0.1, 0.15) is 32.3 Å². The number of para-hydroxylation sites is 1. The molecule has 0 radical (unpaired) electrons. The summed E-state index contributed by atoms with van der Waals surface area (Å²) in [6, 6.07) is 18.7. The Labute approximate surface area is 192 Å². The number of amides is 4. The van der Waals surface area contributed by atoms with E-state index in [-0.39, 0.29) is 18.7 Å². The van der Waals surface area contributed by atoms with Gasteiger partial charge in [-0.25, -0.2) is 9.48 Å². The van der Waals surface area contributed by atoms with Gasteiger partial charge in [-0.1, -0.05) is 62.4 Å². The Balaban J connectivity index is 1.85. The van der Waals surface area contributed by atoms with Crippen LogP contribution in [-0.4, -0.2) is 50.5 Å². The molecule has 33 heavy (non-hydrogen) atoms. The van der Waals surface area contributed by atoms with Crippen molar-refractivity contribution in [3.05, 3.63) is 78.0 Å². The molecule has 0 unspecified atom stereocenters. The zero-order valence-electron chi connectivity index (χ0n) is 18.8. The van der Waals surface area contributed by atoms with Gasteiger partial charge >= 0.3 is 6.03 Å². The average molecular weight is 443 g/mol. The maximum atomic E-state index is 13.2. The van der Waals surface area contributed by atoms with Crippen molar-refractivity contribution in [3.63, 3.8) is 0 Å². The summed E-state index contributed by atoms with van der Waals surface area (Å²) >= 11 is 0. The molecular formula is C26H26N4O3. The lowest BCUT2D eigenvalue weighted by Crippen LogP contribution is -2.56. The van der Waals surface area contributed by atoms with E-state index in [1.807, 2.05) is 74.5 Å². The molecule has 7 nitrogen and oxygen atoms in total. The predicted molar refractivity (Wildman–Crippen MR) is 126 cm³/mol. The Kier molecular flexibility index (Phi) is 6.49. The van der Waals surface area contributed by atoms with E-state index in [0.29, 0.717) is 24.1 Å². The van der Waals surface area contributed by atoms with E-state index < -0.39 is 17.8 Å².